The zero-order valence-electron chi connectivity index (χ0n) is 31.2. The molecule has 0 aliphatic rings. The Kier molecular flexibility index (Phi) is 7.16. The van der Waals surface area contributed by atoms with Gasteiger partial charge in [-0.25, -0.2) is 4.98 Å². The van der Waals surface area contributed by atoms with E-state index in [1.807, 2.05) is 42.5 Å². The highest BCUT2D eigenvalue weighted by atomic mass is 16.3. The number of anilines is 3. The third-order valence-electron chi connectivity index (χ3n) is 11.4. The lowest BCUT2D eigenvalue weighted by Crippen LogP contribution is -2.10. The van der Waals surface area contributed by atoms with Crippen molar-refractivity contribution in [1.29, 1.82) is 0 Å². The van der Waals surface area contributed by atoms with Gasteiger partial charge in [-0.3, -0.25) is 0 Å². The number of rotatable bonds is 6. The normalized spacial score (nSPS) is 11.8. The van der Waals surface area contributed by atoms with Gasteiger partial charge in [0.25, 0.3) is 0 Å². The Hall–Kier alpha value is -7.89. The average molecular weight is 744 g/mol. The maximum absolute atomic E-state index is 6.41. The van der Waals surface area contributed by atoms with Crippen LogP contribution in [0.15, 0.2) is 209 Å². The predicted octanol–water partition coefficient (Wildman–Crippen LogP) is 14.8. The highest BCUT2D eigenvalue weighted by Crippen LogP contribution is 2.42. The van der Waals surface area contributed by atoms with Crippen molar-refractivity contribution >= 4 is 82.7 Å². The van der Waals surface area contributed by atoms with Crippen molar-refractivity contribution in [3.8, 4) is 28.3 Å². The van der Waals surface area contributed by atoms with E-state index in [2.05, 4.69) is 167 Å². The van der Waals surface area contributed by atoms with Crippen molar-refractivity contribution in [2.45, 2.75) is 0 Å². The van der Waals surface area contributed by atoms with Gasteiger partial charge in [0.05, 0.1) is 11.0 Å². The fraction of sp³-hybridized carbons (Fsp3) is 0. The number of para-hydroxylation sites is 3. The Morgan fingerprint density at radius 2 is 0.966 bits per heavy atom. The standard InChI is InChI=1S/C53H33N3O2/c1-2-12-35(13-3-1)53-54-47-33-45(40-14-4-5-18-44(40)52(47)58-53)34-22-24-36(25-23-34)55(39-30-31-51-46(32-39)43-17-8-11-21-50(43)57-51)37-26-28-38(29-27-37)56-48-19-9-6-15-41(48)42-16-7-10-20-49(42)56/h1-33H. The third kappa shape index (κ3) is 5.07. The second kappa shape index (κ2) is 12.8. The van der Waals surface area contributed by atoms with Gasteiger partial charge in [-0.15, -0.1) is 0 Å². The number of furan rings is 1. The van der Waals surface area contributed by atoms with Crippen LogP contribution in [0.2, 0.25) is 0 Å². The second-order valence-electron chi connectivity index (χ2n) is 14.8. The van der Waals surface area contributed by atoms with Crippen LogP contribution < -0.4 is 4.90 Å². The van der Waals surface area contributed by atoms with Crippen molar-refractivity contribution in [2.75, 3.05) is 4.90 Å². The van der Waals surface area contributed by atoms with E-state index in [9.17, 15) is 0 Å². The molecule has 0 fully saturated rings. The SMILES string of the molecule is c1ccc(-c2nc3cc(-c4ccc(N(c5ccc(-n6c7ccccc7c7ccccc76)cc5)c5ccc6oc7ccccc7c6c5)cc4)c4ccccc4c3o2)cc1. The Bertz CT molecular complexity index is 3450. The molecule has 3 aromatic heterocycles. The molecule has 5 nitrogen and oxygen atoms in total. The van der Waals surface area contributed by atoms with Crippen LogP contribution in [0.1, 0.15) is 0 Å². The molecule has 12 rings (SSSR count). The number of hydrogen-bond acceptors (Lipinski definition) is 4. The molecule has 0 radical (unpaired) electrons. The van der Waals surface area contributed by atoms with E-state index in [1.165, 1.54) is 21.8 Å². The lowest BCUT2D eigenvalue weighted by atomic mass is 9.97. The molecule has 0 amide bonds. The molecule has 3 heterocycles. The first kappa shape index (κ1) is 32.4. The van der Waals surface area contributed by atoms with Crippen LogP contribution >= 0.6 is 0 Å². The summed E-state index contributed by atoms with van der Waals surface area (Å²) in [4.78, 5) is 7.29. The van der Waals surface area contributed by atoms with Crippen molar-refractivity contribution in [1.82, 2.24) is 9.55 Å². The Balaban J connectivity index is 0.994. The molecule has 0 aliphatic carbocycles. The molecule has 0 saturated carbocycles. The van der Waals surface area contributed by atoms with Crippen molar-refractivity contribution in [3.63, 3.8) is 0 Å². The molecule has 0 N–H and O–H groups in total. The van der Waals surface area contributed by atoms with E-state index in [0.717, 1.165) is 83.3 Å². The molecule has 0 unspecified atom stereocenters. The fourth-order valence-corrected chi connectivity index (χ4v) is 8.74. The topological polar surface area (TPSA) is 47.3 Å². The molecular weight excluding hydrogens is 711 g/mol. The van der Waals surface area contributed by atoms with E-state index in [-0.39, 0.29) is 0 Å². The number of aromatic nitrogens is 2. The van der Waals surface area contributed by atoms with Crippen molar-refractivity contribution < 1.29 is 8.83 Å². The highest BCUT2D eigenvalue weighted by molar-refractivity contribution is 6.12. The number of oxazole rings is 1. The van der Waals surface area contributed by atoms with Crippen LogP contribution in [0, 0.1) is 0 Å². The van der Waals surface area contributed by atoms with E-state index < -0.39 is 0 Å². The Morgan fingerprint density at radius 3 is 1.69 bits per heavy atom. The number of fused-ring (bicyclic) bond motifs is 9. The molecule has 9 aromatic carbocycles. The van der Waals surface area contributed by atoms with Crippen LogP contribution in [0.5, 0.6) is 0 Å². The quantitative estimate of drug-likeness (QED) is 0.170. The van der Waals surface area contributed by atoms with Gasteiger partial charge in [-0.2, -0.15) is 0 Å². The molecule has 58 heavy (non-hydrogen) atoms. The average Bonchev–Trinajstić information content (AvgIpc) is 3.99. The van der Waals surface area contributed by atoms with Crippen LogP contribution in [0.25, 0.3) is 93.9 Å². The van der Waals surface area contributed by atoms with Gasteiger partial charge < -0.3 is 18.3 Å². The number of hydrogen-bond donors (Lipinski definition) is 0. The van der Waals surface area contributed by atoms with Gasteiger partial charge in [0.15, 0.2) is 5.58 Å². The maximum Gasteiger partial charge on any atom is 0.227 e. The summed E-state index contributed by atoms with van der Waals surface area (Å²) in [7, 11) is 0. The molecule has 272 valence electrons. The minimum Gasteiger partial charge on any atom is -0.456 e. The second-order valence-corrected chi connectivity index (χ2v) is 14.8. The van der Waals surface area contributed by atoms with Crippen LogP contribution in [-0.2, 0) is 0 Å². The van der Waals surface area contributed by atoms with E-state index in [1.54, 1.807) is 0 Å². The first-order chi connectivity index (χ1) is 28.7. The van der Waals surface area contributed by atoms with Crippen molar-refractivity contribution in [2.24, 2.45) is 0 Å². The number of benzene rings is 9. The Labute approximate surface area is 333 Å². The summed E-state index contributed by atoms with van der Waals surface area (Å²) < 4.78 is 15.0. The molecule has 0 aliphatic heterocycles. The van der Waals surface area contributed by atoms with Crippen LogP contribution in [-0.4, -0.2) is 9.55 Å². The third-order valence-corrected chi connectivity index (χ3v) is 11.4. The summed E-state index contributed by atoms with van der Waals surface area (Å²) in [6.07, 6.45) is 0. The van der Waals surface area contributed by atoms with Gasteiger partial charge in [0.2, 0.25) is 5.89 Å². The van der Waals surface area contributed by atoms with Crippen LogP contribution in [0.4, 0.5) is 17.1 Å². The summed E-state index contributed by atoms with van der Waals surface area (Å²) in [6, 6.07) is 70.4. The molecule has 0 saturated heterocycles. The fourth-order valence-electron chi connectivity index (χ4n) is 8.74. The maximum atomic E-state index is 6.41. The summed E-state index contributed by atoms with van der Waals surface area (Å²) in [5, 5.41) is 6.83. The van der Waals surface area contributed by atoms with Crippen LogP contribution in [0.3, 0.4) is 0 Å². The summed E-state index contributed by atoms with van der Waals surface area (Å²) in [5.41, 5.74) is 13.2. The largest absolute Gasteiger partial charge is 0.456 e. The smallest absolute Gasteiger partial charge is 0.227 e. The summed E-state index contributed by atoms with van der Waals surface area (Å²) >= 11 is 0. The zero-order chi connectivity index (χ0) is 38.2. The summed E-state index contributed by atoms with van der Waals surface area (Å²) in [5.74, 6) is 0.621. The lowest BCUT2D eigenvalue weighted by molar-refractivity contribution is 0.623. The minimum absolute atomic E-state index is 0.621. The van der Waals surface area contributed by atoms with Crippen molar-refractivity contribution in [3.05, 3.63) is 200 Å². The predicted molar refractivity (Wildman–Crippen MR) is 239 cm³/mol. The molecular formula is C53H33N3O2. The Morgan fingerprint density at radius 1 is 0.397 bits per heavy atom. The molecule has 0 spiro atoms. The monoisotopic (exact) mass is 743 g/mol. The lowest BCUT2D eigenvalue weighted by Gasteiger charge is -2.26. The van der Waals surface area contributed by atoms with E-state index >= 15 is 0 Å². The first-order valence-corrected chi connectivity index (χ1v) is 19.5. The first-order valence-electron chi connectivity index (χ1n) is 19.5. The zero-order valence-corrected chi connectivity index (χ0v) is 31.2. The minimum atomic E-state index is 0.621. The van der Waals surface area contributed by atoms with Gasteiger partial charge >= 0.3 is 0 Å². The van der Waals surface area contributed by atoms with E-state index in [0.29, 0.717) is 5.89 Å². The molecule has 5 heteroatoms. The molecule has 0 atom stereocenters. The van der Waals surface area contributed by atoms with Gasteiger partial charge in [-0.1, -0.05) is 109 Å². The molecule has 0 bridgehead atoms. The van der Waals surface area contributed by atoms with Gasteiger partial charge in [0.1, 0.15) is 16.7 Å². The van der Waals surface area contributed by atoms with E-state index in [4.69, 9.17) is 13.8 Å². The number of nitrogens with zero attached hydrogens (tertiary/aromatic N) is 3. The van der Waals surface area contributed by atoms with Gasteiger partial charge in [0, 0.05) is 55.2 Å². The highest BCUT2D eigenvalue weighted by Gasteiger charge is 2.19. The van der Waals surface area contributed by atoms with Gasteiger partial charge in [-0.05, 0) is 108 Å². The summed E-state index contributed by atoms with van der Waals surface area (Å²) in [6.45, 7) is 0. The molecule has 12 aromatic rings.